The molecule has 0 bridgehead atoms. The van der Waals surface area contributed by atoms with Gasteiger partial charge in [-0.15, -0.1) is 0 Å². The average Bonchev–Trinajstić information content (AvgIpc) is 2.52. The zero-order chi connectivity index (χ0) is 21.4. The van der Waals surface area contributed by atoms with Crippen LogP contribution in [0.4, 0.5) is 30.2 Å². The van der Waals surface area contributed by atoms with Crippen LogP contribution in [-0.2, 0) is 12.7 Å². The fraction of sp³-hybridized carbons (Fsp3) is 0.200. The Morgan fingerprint density at radius 2 is 1.54 bits per heavy atom. The van der Waals surface area contributed by atoms with Crippen molar-refractivity contribution in [3.63, 3.8) is 0 Å². The van der Waals surface area contributed by atoms with E-state index in [2.05, 4.69) is 47.8 Å². The number of rotatable bonds is 5. The quantitative estimate of drug-likeness (QED) is 0.295. The number of nitro groups is 2. The number of hydrogen-bond acceptors (Lipinski definition) is 5. The standard InChI is InChI=1S/C15H9Br3F3N3O4/c1-22(14-11(17)2-7(16)3-12(14)18)6-9-10(15(19,20)21)4-8(23(25)26)5-13(9)24(27)28/h2-5H,6H2,1H3. The van der Waals surface area contributed by atoms with Crippen LogP contribution in [-0.4, -0.2) is 16.9 Å². The monoisotopic (exact) mass is 589 g/mol. The predicted octanol–water partition coefficient (Wildman–Crippen LogP) is 6.45. The van der Waals surface area contributed by atoms with E-state index in [4.69, 9.17) is 0 Å². The molecule has 0 unspecified atom stereocenters. The third kappa shape index (κ3) is 4.81. The molecule has 0 aromatic heterocycles. The lowest BCUT2D eigenvalue weighted by molar-refractivity contribution is -0.395. The highest BCUT2D eigenvalue weighted by Crippen LogP contribution is 2.42. The lowest BCUT2D eigenvalue weighted by atomic mass is 10.0. The number of nitro benzene ring substituents is 2. The maximum atomic E-state index is 13.5. The molecule has 0 aliphatic heterocycles. The number of halogens is 6. The highest BCUT2D eigenvalue weighted by atomic mass is 79.9. The number of hydrogen-bond donors (Lipinski definition) is 0. The summed E-state index contributed by atoms with van der Waals surface area (Å²) in [6.07, 6.45) is -5.01. The molecule has 0 spiro atoms. The highest BCUT2D eigenvalue weighted by molar-refractivity contribution is 9.11. The number of benzene rings is 2. The summed E-state index contributed by atoms with van der Waals surface area (Å²) in [6.45, 7) is -0.512. The van der Waals surface area contributed by atoms with Gasteiger partial charge in [-0.05, 0) is 44.0 Å². The van der Waals surface area contributed by atoms with Gasteiger partial charge in [0.25, 0.3) is 11.4 Å². The van der Waals surface area contributed by atoms with Crippen LogP contribution in [0.1, 0.15) is 11.1 Å². The summed E-state index contributed by atoms with van der Waals surface area (Å²) >= 11 is 9.87. The molecule has 7 nitrogen and oxygen atoms in total. The molecule has 150 valence electrons. The van der Waals surface area contributed by atoms with Crippen LogP contribution in [0.2, 0.25) is 0 Å². The molecule has 0 fully saturated rings. The largest absolute Gasteiger partial charge is 0.417 e. The van der Waals surface area contributed by atoms with Crippen molar-refractivity contribution in [2.45, 2.75) is 12.7 Å². The van der Waals surface area contributed by atoms with Gasteiger partial charge >= 0.3 is 6.18 Å². The van der Waals surface area contributed by atoms with E-state index in [1.54, 1.807) is 12.1 Å². The van der Waals surface area contributed by atoms with Gasteiger partial charge in [-0.25, -0.2) is 0 Å². The van der Waals surface area contributed by atoms with E-state index >= 15 is 0 Å². The van der Waals surface area contributed by atoms with E-state index in [1.165, 1.54) is 11.9 Å². The van der Waals surface area contributed by atoms with E-state index in [-0.39, 0.29) is 0 Å². The topological polar surface area (TPSA) is 89.5 Å². The van der Waals surface area contributed by atoms with Gasteiger partial charge in [-0.2, -0.15) is 13.2 Å². The maximum absolute atomic E-state index is 13.5. The van der Waals surface area contributed by atoms with Gasteiger partial charge < -0.3 is 4.90 Å². The minimum atomic E-state index is -5.01. The van der Waals surface area contributed by atoms with Crippen LogP contribution >= 0.6 is 47.8 Å². The van der Waals surface area contributed by atoms with Gasteiger partial charge in [0.05, 0.1) is 39.3 Å². The van der Waals surface area contributed by atoms with Crippen LogP contribution in [0.25, 0.3) is 0 Å². The Kier molecular flexibility index (Phi) is 6.71. The summed E-state index contributed by atoms with van der Waals surface area (Å²) in [5, 5.41) is 22.3. The van der Waals surface area contributed by atoms with Crippen molar-refractivity contribution in [2.75, 3.05) is 11.9 Å². The Hall–Kier alpha value is -1.73. The first-order valence-corrected chi connectivity index (χ1v) is 9.59. The minimum Gasteiger partial charge on any atom is -0.368 e. The molecule has 13 heteroatoms. The Morgan fingerprint density at radius 1 is 1.00 bits per heavy atom. The van der Waals surface area contributed by atoms with Crippen molar-refractivity contribution in [3.05, 3.63) is 69.0 Å². The SMILES string of the molecule is CN(Cc1c([N+](=O)[O-])cc([N+](=O)[O-])cc1C(F)(F)F)c1c(Br)cc(Br)cc1Br. The molecule has 2 rings (SSSR count). The van der Waals surface area contributed by atoms with Gasteiger partial charge in [0.2, 0.25) is 0 Å². The van der Waals surface area contributed by atoms with E-state index in [0.717, 1.165) is 0 Å². The molecule has 2 aromatic rings. The van der Waals surface area contributed by atoms with E-state index in [9.17, 15) is 33.4 Å². The molecule has 0 saturated heterocycles. The molecule has 0 atom stereocenters. The first-order chi connectivity index (χ1) is 12.8. The Morgan fingerprint density at radius 3 is 1.96 bits per heavy atom. The Labute approximate surface area is 181 Å². The lowest BCUT2D eigenvalue weighted by Crippen LogP contribution is -2.22. The number of non-ortho nitro benzene ring substituents is 1. The van der Waals surface area contributed by atoms with Crippen molar-refractivity contribution in [1.29, 1.82) is 0 Å². The highest BCUT2D eigenvalue weighted by Gasteiger charge is 2.39. The first-order valence-electron chi connectivity index (χ1n) is 7.21. The van der Waals surface area contributed by atoms with E-state index < -0.39 is 45.1 Å². The Balaban J connectivity index is 2.67. The van der Waals surface area contributed by atoms with Gasteiger partial charge in [0, 0.05) is 26.5 Å². The zero-order valence-electron chi connectivity index (χ0n) is 13.8. The van der Waals surface area contributed by atoms with Crippen molar-refractivity contribution in [2.24, 2.45) is 0 Å². The average molecular weight is 592 g/mol. The Bertz CT molecular complexity index is 947. The summed E-state index contributed by atoms with van der Waals surface area (Å²) in [4.78, 5) is 21.5. The second-order valence-electron chi connectivity index (χ2n) is 5.58. The second-order valence-corrected chi connectivity index (χ2v) is 8.20. The molecule has 0 radical (unpaired) electrons. The van der Waals surface area contributed by atoms with Crippen molar-refractivity contribution in [3.8, 4) is 0 Å². The molecular formula is C15H9Br3F3N3O4. The molecule has 0 amide bonds. The fourth-order valence-electron chi connectivity index (χ4n) is 2.54. The molecule has 2 aromatic carbocycles. The van der Waals surface area contributed by atoms with Crippen LogP contribution in [0, 0.1) is 20.2 Å². The third-order valence-electron chi connectivity index (χ3n) is 3.68. The van der Waals surface area contributed by atoms with Crippen LogP contribution in [0.5, 0.6) is 0 Å². The van der Waals surface area contributed by atoms with Crippen molar-refractivity contribution in [1.82, 2.24) is 0 Å². The zero-order valence-corrected chi connectivity index (χ0v) is 18.5. The van der Waals surface area contributed by atoms with Gasteiger partial charge in [0.15, 0.2) is 0 Å². The van der Waals surface area contributed by atoms with E-state index in [0.29, 0.717) is 31.2 Å². The van der Waals surface area contributed by atoms with Crippen LogP contribution < -0.4 is 4.90 Å². The van der Waals surface area contributed by atoms with E-state index in [1.807, 2.05) is 0 Å². The smallest absolute Gasteiger partial charge is 0.368 e. The molecular weight excluding hydrogens is 583 g/mol. The molecule has 0 aliphatic rings. The number of anilines is 1. The van der Waals surface area contributed by atoms with Crippen LogP contribution in [0.3, 0.4) is 0 Å². The minimum absolute atomic E-state index is 0.307. The fourth-order valence-corrected chi connectivity index (χ4v) is 5.41. The van der Waals surface area contributed by atoms with Gasteiger partial charge in [0.1, 0.15) is 0 Å². The molecule has 0 heterocycles. The summed E-state index contributed by atoms with van der Waals surface area (Å²) in [7, 11) is 1.45. The van der Waals surface area contributed by atoms with Gasteiger partial charge in [-0.3, -0.25) is 20.2 Å². The predicted molar refractivity (Wildman–Crippen MR) is 106 cm³/mol. The summed E-state index contributed by atoms with van der Waals surface area (Å²) in [5.41, 5.74) is -3.63. The van der Waals surface area contributed by atoms with Crippen molar-refractivity contribution < 1.29 is 23.0 Å². The molecule has 0 saturated carbocycles. The normalized spacial score (nSPS) is 11.4. The number of alkyl halides is 3. The summed E-state index contributed by atoms with van der Waals surface area (Å²) < 4.78 is 42.3. The molecule has 28 heavy (non-hydrogen) atoms. The van der Waals surface area contributed by atoms with Crippen LogP contribution in [0.15, 0.2) is 37.7 Å². The second kappa shape index (κ2) is 8.33. The molecule has 0 aliphatic carbocycles. The maximum Gasteiger partial charge on any atom is 0.417 e. The third-order valence-corrected chi connectivity index (χ3v) is 5.35. The van der Waals surface area contributed by atoms with Gasteiger partial charge in [-0.1, -0.05) is 15.9 Å². The van der Waals surface area contributed by atoms with Crippen molar-refractivity contribution >= 4 is 64.9 Å². The number of nitrogens with zero attached hydrogens (tertiary/aromatic N) is 3. The first kappa shape index (κ1) is 22.6. The molecule has 0 N–H and O–H groups in total. The summed E-state index contributed by atoms with van der Waals surface area (Å²) in [6, 6.07) is 4.16. The lowest BCUT2D eigenvalue weighted by Gasteiger charge is -2.24. The summed E-state index contributed by atoms with van der Waals surface area (Å²) in [5.74, 6) is 0.